The zero-order chi connectivity index (χ0) is 14.3. The van der Waals surface area contributed by atoms with Crippen LogP contribution in [0.15, 0.2) is 42.5 Å². The summed E-state index contributed by atoms with van der Waals surface area (Å²) in [5.41, 5.74) is 2.01. The number of para-hydroxylation sites is 1. The molecular formula is C15H12F3NO. The highest BCUT2D eigenvalue weighted by atomic mass is 19.4. The van der Waals surface area contributed by atoms with Gasteiger partial charge in [0.2, 0.25) is 0 Å². The lowest BCUT2D eigenvalue weighted by molar-refractivity contribution is -0.137. The summed E-state index contributed by atoms with van der Waals surface area (Å²) >= 11 is 0. The first-order valence-corrected chi connectivity index (χ1v) is 6.18. The summed E-state index contributed by atoms with van der Waals surface area (Å²) in [5.74, 6) is -0.301. The normalized spacial score (nSPS) is 17.1. The molecular weight excluding hydrogens is 267 g/mol. The van der Waals surface area contributed by atoms with Gasteiger partial charge in [-0.2, -0.15) is 13.2 Å². The zero-order valence-corrected chi connectivity index (χ0v) is 10.4. The third kappa shape index (κ3) is 2.04. The maximum absolute atomic E-state index is 12.8. The van der Waals surface area contributed by atoms with Gasteiger partial charge in [-0.05, 0) is 29.3 Å². The van der Waals surface area contributed by atoms with Crippen LogP contribution in [0.4, 0.5) is 24.5 Å². The van der Waals surface area contributed by atoms with Crippen molar-refractivity contribution in [3.63, 3.8) is 0 Å². The van der Waals surface area contributed by atoms with Crippen molar-refractivity contribution in [2.75, 3.05) is 11.9 Å². The van der Waals surface area contributed by atoms with E-state index in [0.29, 0.717) is 11.3 Å². The van der Waals surface area contributed by atoms with E-state index in [2.05, 4.69) is 5.32 Å². The van der Waals surface area contributed by atoms with Gasteiger partial charge in [-0.15, -0.1) is 0 Å². The summed E-state index contributed by atoms with van der Waals surface area (Å²) < 4.78 is 38.3. The summed E-state index contributed by atoms with van der Waals surface area (Å²) in [6, 6.07) is 10.9. The molecule has 0 aliphatic carbocycles. The van der Waals surface area contributed by atoms with E-state index in [1.54, 1.807) is 12.1 Å². The van der Waals surface area contributed by atoms with Crippen LogP contribution in [-0.2, 0) is 6.18 Å². The van der Waals surface area contributed by atoms with Crippen LogP contribution in [0, 0.1) is 0 Å². The monoisotopic (exact) mass is 279 g/mol. The Morgan fingerprint density at radius 1 is 1.00 bits per heavy atom. The van der Waals surface area contributed by atoms with Gasteiger partial charge < -0.3 is 10.4 Å². The lowest BCUT2D eigenvalue weighted by Crippen LogP contribution is -2.17. The second kappa shape index (κ2) is 4.52. The van der Waals surface area contributed by atoms with Crippen LogP contribution in [0.5, 0.6) is 0 Å². The third-order valence-electron chi connectivity index (χ3n) is 3.54. The Bertz CT molecular complexity index is 652. The van der Waals surface area contributed by atoms with E-state index >= 15 is 0 Å². The summed E-state index contributed by atoms with van der Waals surface area (Å²) in [4.78, 5) is 0. The Hall–Kier alpha value is -2.01. The van der Waals surface area contributed by atoms with Crippen molar-refractivity contribution in [2.45, 2.75) is 12.1 Å². The molecule has 0 radical (unpaired) electrons. The van der Waals surface area contributed by atoms with Gasteiger partial charge >= 0.3 is 6.18 Å². The molecule has 0 fully saturated rings. The van der Waals surface area contributed by atoms with Crippen LogP contribution in [-0.4, -0.2) is 11.7 Å². The Labute approximate surface area is 113 Å². The standard InChI is InChI=1S/C15H12F3NO/c16-15(17,18)9-5-6-11-12(8-20)10-3-1-2-4-13(10)19-14(11)7-9/h1-7,12,19-20H,8H2. The van der Waals surface area contributed by atoms with E-state index in [-0.39, 0.29) is 12.5 Å². The molecule has 1 aliphatic heterocycles. The molecule has 1 atom stereocenters. The van der Waals surface area contributed by atoms with Crippen molar-refractivity contribution in [3.8, 4) is 0 Å². The van der Waals surface area contributed by atoms with E-state index in [1.807, 2.05) is 12.1 Å². The molecule has 20 heavy (non-hydrogen) atoms. The van der Waals surface area contributed by atoms with Crippen LogP contribution in [0.25, 0.3) is 0 Å². The maximum Gasteiger partial charge on any atom is 0.416 e. The molecule has 0 bridgehead atoms. The lowest BCUT2D eigenvalue weighted by atomic mass is 9.86. The van der Waals surface area contributed by atoms with Crippen molar-refractivity contribution in [1.82, 2.24) is 0 Å². The Morgan fingerprint density at radius 3 is 2.40 bits per heavy atom. The quantitative estimate of drug-likeness (QED) is 0.830. The van der Waals surface area contributed by atoms with E-state index in [9.17, 15) is 18.3 Å². The molecule has 2 N–H and O–H groups in total. The number of alkyl halides is 3. The highest BCUT2D eigenvalue weighted by Gasteiger charge is 2.33. The summed E-state index contributed by atoms with van der Waals surface area (Å²) in [6.07, 6.45) is -4.37. The molecule has 2 aromatic carbocycles. The largest absolute Gasteiger partial charge is 0.416 e. The topological polar surface area (TPSA) is 32.3 Å². The predicted octanol–water partition coefficient (Wildman–Crippen LogP) is 3.89. The first-order chi connectivity index (χ1) is 9.50. The molecule has 0 saturated carbocycles. The maximum atomic E-state index is 12.8. The van der Waals surface area contributed by atoms with E-state index in [1.165, 1.54) is 6.07 Å². The minimum atomic E-state index is -4.37. The fraction of sp³-hybridized carbons (Fsp3) is 0.200. The van der Waals surface area contributed by atoms with Crippen molar-refractivity contribution >= 4 is 11.4 Å². The number of benzene rings is 2. The second-order valence-corrected chi connectivity index (χ2v) is 4.75. The second-order valence-electron chi connectivity index (χ2n) is 4.75. The van der Waals surface area contributed by atoms with Crippen LogP contribution < -0.4 is 5.32 Å². The van der Waals surface area contributed by atoms with Gasteiger partial charge in [0.15, 0.2) is 0 Å². The van der Waals surface area contributed by atoms with Crippen molar-refractivity contribution < 1.29 is 18.3 Å². The van der Waals surface area contributed by atoms with Crippen molar-refractivity contribution in [3.05, 3.63) is 59.2 Å². The van der Waals surface area contributed by atoms with E-state index < -0.39 is 11.7 Å². The Balaban J connectivity index is 2.12. The molecule has 104 valence electrons. The van der Waals surface area contributed by atoms with E-state index in [4.69, 9.17) is 0 Å². The van der Waals surface area contributed by atoms with Crippen LogP contribution in [0.2, 0.25) is 0 Å². The SMILES string of the molecule is OCC1c2ccccc2Nc2cc(C(F)(F)F)ccc21. The first kappa shape index (κ1) is 13.0. The summed E-state index contributed by atoms with van der Waals surface area (Å²) in [7, 11) is 0. The molecule has 2 aromatic rings. The number of anilines is 2. The van der Waals surface area contributed by atoms with Gasteiger partial charge in [-0.25, -0.2) is 0 Å². The van der Waals surface area contributed by atoms with Gasteiger partial charge in [0.1, 0.15) is 0 Å². The average Bonchev–Trinajstić information content (AvgIpc) is 2.43. The summed E-state index contributed by atoms with van der Waals surface area (Å²) in [6.45, 7) is -0.142. The number of nitrogens with one attached hydrogen (secondary N) is 1. The number of aliphatic hydroxyl groups excluding tert-OH is 1. The minimum absolute atomic E-state index is 0.142. The van der Waals surface area contributed by atoms with Crippen LogP contribution >= 0.6 is 0 Å². The molecule has 0 saturated heterocycles. The Morgan fingerprint density at radius 2 is 1.70 bits per heavy atom. The molecule has 0 aromatic heterocycles. The number of rotatable bonds is 1. The molecule has 1 heterocycles. The van der Waals surface area contributed by atoms with Crippen molar-refractivity contribution in [1.29, 1.82) is 0 Å². The fourth-order valence-electron chi connectivity index (χ4n) is 2.57. The lowest BCUT2D eigenvalue weighted by Gasteiger charge is -2.28. The summed E-state index contributed by atoms with van der Waals surface area (Å²) in [5, 5.41) is 12.6. The smallest absolute Gasteiger partial charge is 0.395 e. The highest BCUT2D eigenvalue weighted by molar-refractivity contribution is 5.74. The number of hydrogen-bond donors (Lipinski definition) is 2. The van der Waals surface area contributed by atoms with E-state index in [0.717, 1.165) is 23.4 Å². The van der Waals surface area contributed by atoms with Gasteiger partial charge in [0.25, 0.3) is 0 Å². The number of halogens is 3. The van der Waals surface area contributed by atoms with Gasteiger partial charge in [0.05, 0.1) is 12.2 Å². The van der Waals surface area contributed by atoms with Gasteiger partial charge in [-0.3, -0.25) is 0 Å². The molecule has 0 spiro atoms. The number of hydrogen-bond acceptors (Lipinski definition) is 2. The number of fused-ring (bicyclic) bond motifs is 2. The van der Waals surface area contributed by atoms with Gasteiger partial charge in [-0.1, -0.05) is 24.3 Å². The van der Waals surface area contributed by atoms with Crippen LogP contribution in [0.3, 0.4) is 0 Å². The van der Waals surface area contributed by atoms with Gasteiger partial charge in [0, 0.05) is 17.3 Å². The van der Waals surface area contributed by atoms with Crippen molar-refractivity contribution in [2.24, 2.45) is 0 Å². The molecule has 2 nitrogen and oxygen atoms in total. The number of aliphatic hydroxyl groups is 1. The molecule has 5 heteroatoms. The molecule has 1 unspecified atom stereocenters. The Kier molecular flexibility index (Phi) is 2.94. The third-order valence-corrected chi connectivity index (χ3v) is 3.54. The minimum Gasteiger partial charge on any atom is -0.395 e. The zero-order valence-electron chi connectivity index (χ0n) is 10.4. The highest BCUT2D eigenvalue weighted by Crippen LogP contribution is 2.43. The fourth-order valence-corrected chi connectivity index (χ4v) is 2.57. The molecule has 0 amide bonds. The predicted molar refractivity (Wildman–Crippen MR) is 70.1 cm³/mol. The first-order valence-electron chi connectivity index (χ1n) is 6.18. The molecule has 1 aliphatic rings. The average molecular weight is 279 g/mol. The molecule has 3 rings (SSSR count). The van der Waals surface area contributed by atoms with Crippen LogP contribution in [0.1, 0.15) is 22.6 Å².